The molecule has 0 spiro atoms. The molecule has 0 amide bonds. The molecule has 0 bridgehead atoms. The van der Waals surface area contributed by atoms with Crippen LogP contribution in [0.2, 0.25) is 5.02 Å². The van der Waals surface area contributed by atoms with E-state index in [1.807, 2.05) is 0 Å². The summed E-state index contributed by atoms with van der Waals surface area (Å²) >= 11 is 7.34. The average molecular weight is 267 g/mol. The first-order valence-electron chi connectivity index (χ1n) is 5.09. The van der Waals surface area contributed by atoms with Crippen molar-refractivity contribution in [2.45, 2.75) is 16.6 Å². The fourth-order valence-electron chi connectivity index (χ4n) is 1.22. The maximum atomic E-state index is 6.00. The van der Waals surface area contributed by atoms with Crippen LogP contribution in [0.3, 0.4) is 0 Å². The smallest absolute Gasteiger partial charge is 0.193 e. The van der Waals surface area contributed by atoms with Crippen LogP contribution in [-0.2, 0) is 6.42 Å². The standard InChI is InChI=1S/C11H11ClN4S/c12-9-2-1-5-14-10(9)17-11-15-6-8(3-4-13)7-16-11/h1-2,5-7H,3-4,13H2. The highest BCUT2D eigenvalue weighted by Gasteiger charge is 2.05. The minimum Gasteiger partial charge on any atom is -0.330 e. The quantitative estimate of drug-likeness (QED) is 0.860. The van der Waals surface area contributed by atoms with E-state index in [0.29, 0.717) is 21.7 Å². The average Bonchev–Trinajstić information content (AvgIpc) is 2.35. The van der Waals surface area contributed by atoms with Gasteiger partial charge in [-0.15, -0.1) is 0 Å². The molecule has 4 nitrogen and oxygen atoms in total. The predicted octanol–water partition coefficient (Wildman–Crippen LogP) is 2.18. The van der Waals surface area contributed by atoms with Gasteiger partial charge in [-0.25, -0.2) is 15.0 Å². The van der Waals surface area contributed by atoms with E-state index in [1.165, 1.54) is 11.8 Å². The van der Waals surface area contributed by atoms with E-state index in [4.69, 9.17) is 17.3 Å². The molecule has 0 saturated heterocycles. The van der Waals surface area contributed by atoms with Crippen molar-refractivity contribution in [1.82, 2.24) is 15.0 Å². The highest BCUT2D eigenvalue weighted by atomic mass is 35.5. The highest BCUT2D eigenvalue weighted by molar-refractivity contribution is 7.99. The fraction of sp³-hybridized carbons (Fsp3) is 0.182. The lowest BCUT2D eigenvalue weighted by Gasteiger charge is -2.02. The SMILES string of the molecule is NCCc1cnc(Sc2ncccc2Cl)nc1. The molecule has 88 valence electrons. The number of nitrogens with two attached hydrogens (primary N) is 1. The Morgan fingerprint density at radius 2 is 2.00 bits per heavy atom. The van der Waals surface area contributed by atoms with Gasteiger partial charge in [-0.05, 0) is 42.4 Å². The van der Waals surface area contributed by atoms with Gasteiger partial charge in [0, 0.05) is 18.6 Å². The number of aromatic nitrogens is 3. The zero-order chi connectivity index (χ0) is 12.1. The molecule has 0 aromatic carbocycles. The third-order valence-corrected chi connectivity index (χ3v) is 3.36. The Labute approximate surface area is 109 Å². The van der Waals surface area contributed by atoms with E-state index >= 15 is 0 Å². The topological polar surface area (TPSA) is 64.7 Å². The van der Waals surface area contributed by atoms with Crippen molar-refractivity contribution in [2.75, 3.05) is 6.54 Å². The number of rotatable bonds is 4. The fourth-order valence-corrected chi connectivity index (χ4v) is 2.12. The van der Waals surface area contributed by atoms with E-state index in [2.05, 4.69) is 15.0 Å². The van der Waals surface area contributed by atoms with Gasteiger partial charge in [0.2, 0.25) is 0 Å². The van der Waals surface area contributed by atoms with Crippen LogP contribution < -0.4 is 5.73 Å². The summed E-state index contributed by atoms with van der Waals surface area (Å²) in [4.78, 5) is 12.6. The third-order valence-electron chi connectivity index (χ3n) is 2.03. The van der Waals surface area contributed by atoms with Crippen molar-refractivity contribution < 1.29 is 0 Å². The van der Waals surface area contributed by atoms with Crippen molar-refractivity contribution in [3.8, 4) is 0 Å². The van der Waals surface area contributed by atoms with Crippen molar-refractivity contribution in [3.63, 3.8) is 0 Å². The molecule has 2 N–H and O–H groups in total. The van der Waals surface area contributed by atoms with E-state index in [1.54, 1.807) is 30.7 Å². The molecular weight excluding hydrogens is 256 g/mol. The molecule has 6 heteroatoms. The first kappa shape index (κ1) is 12.3. The molecular formula is C11H11ClN4S. The molecule has 2 rings (SSSR count). The van der Waals surface area contributed by atoms with Crippen molar-refractivity contribution >= 4 is 23.4 Å². The number of pyridine rings is 1. The molecule has 0 radical (unpaired) electrons. The van der Waals surface area contributed by atoms with E-state index < -0.39 is 0 Å². The van der Waals surface area contributed by atoms with Gasteiger partial charge in [-0.2, -0.15) is 0 Å². The Morgan fingerprint density at radius 1 is 1.24 bits per heavy atom. The van der Waals surface area contributed by atoms with Crippen molar-refractivity contribution in [2.24, 2.45) is 5.73 Å². The van der Waals surface area contributed by atoms with Crippen LogP contribution in [0.15, 0.2) is 40.9 Å². The Balaban J connectivity index is 2.11. The number of nitrogens with zero attached hydrogens (tertiary/aromatic N) is 3. The van der Waals surface area contributed by atoms with Crippen LogP contribution in [0.5, 0.6) is 0 Å². The number of halogens is 1. The summed E-state index contributed by atoms with van der Waals surface area (Å²) in [5, 5.41) is 1.94. The Kier molecular flexibility index (Phi) is 4.30. The second kappa shape index (κ2) is 5.95. The lowest BCUT2D eigenvalue weighted by Crippen LogP contribution is -2.03. The van der Waals surface area contributed by atoms with Crippen LogP contribution in [0.25, 0.3) is 0 Å². The normalized spacial score (nSPS) is 10.5. The van der Waals surface area contributed by atoms with Gasteiger partial charge in [0.25, 0.3) is 0 Å². The molecule has 0 fully saturated rings. The third kappa shape index (κ3) is 3.39. The number of hydrogen-bond acceptors (Lipinski definition) is 5. The maximum absolute atomic E-state index is 6.00. The second-order valence-electron chi connectivity index (χ2n) is 3.31. The largest absolute Gasteiger partial charge is 0.330 e. The first-order valence-corrected chi connectivity index (χ1v) is 6.28. The second-order valence-corrected chi connectivity index (χ2v) is 4.67. The minimum absolute atomic E-state index is 0.599. The summed E-state index contributed by atoms with van der Waals surface area (Å²) < 4.78 is 0. The minimum atomic E-state index is 0.599. The molecule has 2 aromatic rings. The summed E-state index contributed by atoms with van der Waals surface area (Å²) in [6.45, 7) is 0.599. The van der Waals surface area contributed by atoms with Crippen molar-refractivity contribution in [3.05, 3.63) is 41.3 Å². The van der Waals surface area contributed by atoms with Gasteiger partial charge < -0.3 is 5.73 Å². The molecule has 0 unspecified atom stereocenters. The lowest BCUT2D eigenvalue weighted by molar-refractivity contribution is 0.889. The van der Waals surface area contributed by atoms with Crippen LogP contribution in [0, 0.1) is 0 Å². The molecule has 0 atom stereocenters. The molecule has 0 saturated carbocycles. The molecule has 0 aliphatic carbocycles. The van der Waals surface area contributed by atoms with Gasteiger partial charge in [0.05, 0.1) is 5.02 Å². The zero-order valence-electron chi connectivity index (χ0n) is 9.01. The molecule has 2 heterocycles. The molecule has 0 aliphatic heterocycles. The van der Waals surface area contributed by atoms with E-state index in [9.17, 15) is 0 Å². The first-order chi connectivity index (χ1) is 8.29. The summed E-state index contributed by atoms with van der Waals surface area (Å²) in [6.07, 6.45) is 6.03. The lowest BCUT2D eigenvalue weighted by atomic mass is 10.2. The maximum Gasteiger partial charge on any atom is 0.193 e. The summed E-state index contributed by atoms with van der Waals surface area (Å²) in [6, 6.07) is 3.58. The summed E-state index contributed by atoms with van der Waals surface area (Å²) in [5.41, 5.74) is 6.49. The monoisotopic (exact) mass is 266 g/mol. The van der Waals surface area contributed by atoms with Crippen LogP contribution in [0.1, 0.15) is 5.56 Å². The molecule has 17 heavy (non-hydrogen) atoms. The molecule has 2 aromatic heterocycles. The van der Waals surface area contributed by atoms with E-state index in [0.717, 1.165) is 12.0 Å². The highest BCUT2D eigenvalue weighted by Crippen LogP contribution is 2.28. The van der Waals surface area contributed by atoms with E-state index in [-0.39, 0.29) is 0 Å². The van der Waals surface area contributed by atoms with Gasteiger partial charge in [0.1, 0.15) is 5.03 Å². The Bertz CT molecular complexity index is 489. The van der Waals surface area contributed by atoms with Gasteiger partial charge in [-0.1, -0.05) is 11.6 Å². The van der Waals surface area contributed by atoms with Crippen LogP contribution in [-0.4, -0.2) is 21.5 Å². The van der Waals surface area contributed by atoms with Crippen LogP contribution in [0.4, 0.5) is 0 Å². The van der Waals surface area contributed by atoms with Crippen molar-refractivity contribution in [1.29, 1.82) is 0 Å². The predicted molar refractivity (Wildman–Crippen MR) is 68.2 cm³/mol. The molecule has 0 aliphatic rings. The number of hydrogen-bond donors (Lipinski definition) is 1. The Hall–Kier alpha value is -1.17. The van der Waals surface area contributed by atoms with Gasteiger partial charge in [0.15, 0.2) is 5.16 Å². The van der Waals surface area contributed by atoms with Gasteiger partial charge in [-0.3, -0.25) is 0 Å². The zero-order valence-corrected chi connectivity index (χ0v) is 10.6. The summed E-state index contributed by atoms with van der Waals surface area (Å²) in [7, 11) is 0. The summed E-state index contributed by atoms with van der Waals surface area (Å²) in [5.74, 6) is 0. The van der Waals surface area contributed by atoms with Gasteiger partial charge >= 0.3 is 0 Å². The Morgan fingerprint density at radius 3 is 2.65 bits per heavy atom. The van der Waals surface area contributed by atoms with Crippen LogP contribution >= 0.6 is 23.4 Å².